The summed E-state index contributed by atoms with van der Waals surface area (Å²) >= 11 is 0. The maximum absolute atomic E-state index is 12.2. The summed E-state index contributed by atoms with van der Waals surface area (Å²) in [7, 11) is -3.51. The van der Waals surface area contributed by atoms with E-state index in [0.29, 0.717) is 24.5 Å². The van der Waals surface area contributed by atoms with Crippen LogP contribution in [0.15, 0.2) is 4.90 Å². The van der Waals surface area contributed by atoms with Crippen LogP contribution >= 0.6 is 0 Å². The number of aliphatic hydroxyl groups excluding tert-OH is 1. The van der Waals surface area contributed by atoms with E-state index in [-0.39, 0.29) is 11.5 Å². The Bertz CT molecular complexity index is 509. The van der Waals surface area contributed by atoms with E-state index in [4.69, 9.17) is 5.11 Å². The van der Waals surface area contributed by atoms with Crippen LogP contribution in [0.5, 0.6) is 0 Å². The van der Waals surface area contributed by atoms with Crippen LogP contribution in [0.2, 0.25) is 0 Å². The van der Waals surface area contributed by atoms with Gasteiger partial charge in [0.05, 0.1) is 24.5 Å². The van der Waals surface area contributed by atoms with Crippen LogP contribution in [0.3, 0.4) is 0 Å². The average molecular weight is 289 g/mol. The normalized spacial score (nSPS) is 12.0. The third-order valence-electron chi connectivity index (χ3n) is 2.97. The highest BCUT2D eigenvalue weighted by atomic mass is 32.2. The minimum Gasteiger partial charge on any atom is -0.394 e. The number of hydrogen-bond acceptors (Lipinski definition) is 4. The van der Waals surface area contributed by atoms with Gasteiger partial charge in [0, 0.05) is 6.54 Å². The number of aryl methyl sites for hydroxylation is 1. The first-order valence-electron chi connectivity index (χ1n) is 6.58. The fourth-order valence-corrected chi connectivity index (χ4v) is 3.52. The molecule has 0 radical (unpaired) electrons. The largest absolute Gasteiger partial charge is 0.394 e. The lowest BCUT2D eigenvalue weighted by atomic mass is 10.3. The molecular formula is C12H23N3O3S. The lowest BCUT2D eigenvalue weighted by molar-refractivity contribution is 0.267. The molecule has 7 heteroatoms. The second kappa shape index (κ2) is 7.02. The quantitative estimate of drug-likeness (QED) is 0.698. The minimum absolute atomic E-state index is 0.0641. The Morgan fingerprint density at radius 3 is 2.58 bits per heavy atom. The smallest absolute Gasteiger partial charge is 0.244 e. The molecule has 0 saturated heterocycles. The molecule has 6 nitrogen and oxygen atoms in total. The van der Waals surface area contributed by atoms with Crippen molar-refractivity contribution in [2.75, 3.05) is 13.2 Å². The monoisotopic (exact) mass is 289 g/mol. The van der Waals surface area contributed by atoms with Crippen molar-refractivity contribution < 1.29 is 13.5 Å². The Balaban J connectivity index is 2.89. The van der Waals surface area contributed by atoms with Gasteiger partial charge in [0.2, 0.25) is 10.0 Å². The molecule has 0 aliphatic heterocycles. The molecule has 0 amide bonds. The lowest BCUT2D eigenvalue weighted by Crippen LogP contribution is -2.26. The van der Waals surface area contributed by atoms with Crippen molar-refractivity contribution in [3.8, 4) is 0 Å². The van der Waals surface area contributed by atoms with Gasteiger partial charge in [-0.2, -0.15) is 5.10 Å². The molecule has 1 aromatic rings. The molecule has 1 rings (SSSR count). The topological polar surface area (TPSA) is 84.2 Å². The third kappa shape index (κ3) is 4.02. The van der Waals surface area contributed by atoms with Crippen molar-refractivity contribution in [3.05, 3.63) is 11.4 Å². The number of rotatable bonds is 8. The Labute approximate surface area is 114 Å². The number of nitrogens with one attached hydrogen (secondary N) is 1. The van der Waals surface area contributed by atoms with E-state index in [1.807, 2.05) is 0 Å². The number of aromatic nitrogens is 2. The molecule has 0 aromatic carbocycles. The molecule has 1 aromatic heterocycles. The lowest BCUT2D eigenvalue weighted by Gasteiger charge is -2.07. The van der Waals surface area contributed by atoms with E-state index in [9.17, 15) is 8.42 Å². The van der Waals surface area contributed by atoms with Crippen LogP contribution in [0.4, 0.5) is 0 Å². The fourth-order valence-electron chi connectivity index (χ4n) is 2.04. The summed E-state index contributed by atoms with van der Waals surface area (Å²) in [4.78, 5) is 0.234. The molecule has 0 aliphatic carbocycles. The number of sulfonamides is 1. The van der Waals surface area contributed by atoms with Crippen LogP contribution < -0.4 is 4.72 Å². The Hall–Kier alpha value is -0.920. The molecule has 0 spiro atoms. The molecule has 0 atom stereocenters. The summed E-state index contributed by atoms with van der Waals surface area (Å²) in [6.07, 6.45) is 2.89. The van der Waals surface area contributed by atoms with Gasteiger partial charge in [-0.25, -0.2) is 13.1 Å². The van der Waals surface area contributed by atoms with E-state index < -0.39 is 10.0 Å². The van der Waals surface area contributed by atoms with Crippen molar-refractivity contribution in [2.24, 2.45) is 0 Å². The van der Waals surface area contributed by atoms with Crippen LogP contribution in [-0.2, 0) is 16.6 Å². The van der Waals surface area contributed by atoms with Gasteiger partial charge < -0.3 is 5.11 Å². The summed E-state index contributed by atoms with van der Waals surface area (Å²) < 4.78 is 28.6. The zero-order chi connectivity index (χ0) is 14.5. The van der Waals surface area contributed by atoms with Crippen LogP contribution in [-0.4, -0.2) is 36.5 Å². The van der Waals surface area contributed by atoms with Gasteiger partial charge in [-0.05, 0) is 20.3 Å². The van der Waals surface area contributed by atoms with E-state index >= 15 is 0 Å². The predicted molar refractivity (Wildman–Crippen MR) is 73.5 cm³/mol. The Morgan fingerprint density at radius 2 is 2.00 bits per heavy atom. The number of aliphatic hydroxyl groups is 1. The third-order valence-corrected chi connectivity index (χ3v) is 4.68. The molecular weight excluding hydrogens is 266 g/mol. The maximum Gasteiger partial charge on any atom is 0.244 e. The number of unbranched alkanes of at least 4 members (excludes halogenated alkanes) is 2. The molecule has 0 aliphatic rings. The highest BCUT2D eigenvalue weighted by Gasteiger charge is 2.23. The average Bonchev–Trinajstić information content (AvgIpc) is 2.61. The van der Waals surface area contributed by atoms with Crippen LogP contribution in [0.1, 0.15) is 37.6 Å². The van der Waals surface area contributed by atoms with E-state index in [2.05, 4.69) is 16.7 Å². The van der Waals surface area contributed by atoms with Gasteiger partial charge in [-0.15, -0.1) is 0 Å². The van der Waals surface area contributed by atoms with Gasteiger partial charge in [0.15, 0.2) is 0 Å². The second-order valence-corrected chi connectivity index (χ2v) is 6.26. The first-order chi connectivity index (χ1) is 8.94. The van der Waals surface area contributed by atoms with Crippen molar-refractivity contribution in [2.45, 2.75) is 51.5 Å². The predicted octanol–water partition coefficient (Wildman–Crippen LogP) is 0.961. The zero-order valence-electron chi connectivity index (χ0n) is 11.8. The molecule has 19 heavy (non-hydrogen) atoms. The molecule has 110 valence electrons. The van der Waals surface area contributed by atoms with E-state index in [1.54, 1.807) is 13.8 Å². The summed E-state index contributed by atoms with van der Waals surface area (Å²) in [5.41, 5.74) is 1.03. The molecule has 0 bridgehead atoms. The van der Waals surface area contributed by atoms with Crippen LogP contribution in [0.25, 0.3) is 0 Å². The maximum atomic E-state index is 12.2. The Morgan fingerprint density at radius 1 is 1.32 bits per heavy atom. The van der Waals surface area contributed by atoms with Crippen molar-refractivity contribution in [3.63, 3.8) is 0 Å². The van der Waals surface area contributed by atoms with Gasteiger partial charge in [0.1, 0.15) is 4.90 Å². The van der Waals surface area contributed by atoms with Gasteiger partial charge >= 0.3 is 0 Å². The highest BCUT2D eigenvalue weighted by molar-refractivity contribution is 7.89. The first kappa shape index (κ1) is 16.1. The fraction of sp³-hybridized carbons (Fsp3) is 0.750. The van der Waals surface area contributed by atoms with Gasteiger partial charge in [-0.3, -0.25) is 4.68 Å². The highest BCUT2D eigenvalue weighted by Crippen LogP contribution is 2.19. The summed E-state index contributed by atoms with van der Waals surface area (Å²) in [5.74, 6) is 0. The number of nitrogens with zero attached hydrogens (tertiary/aromatic N) is 2. The molecule has 2 N–H and O–H groups in total. The van der Waals surface area contributed by atoms with Crippen molar-refractivity contribution in [1.29, 1.82) is 0 Å². The van der Waals surface area contributed by atoms with Crippen molar-refractivity contribution >= 4 is 10.0 Å². The molecule has 0 saturated carbocycles. The SMILES string of the molecule is CCCCCNS(=O)(=O)c1c(C)nn(CCO)c1C. The number of hydrogen-bond donors (Lipinski definition) is 2. The zero-order valence-corrected chi connectivity index (χ0v) is 12.6. The van der Waals surface area contributed by atoms with Crippen LogP contribution in [0, 0.1) is 13.8 Å². The summed E-state index contributed by atoms with van der Waals surface area (Å²) in [5, 5.41) is 13.1. The van der Waals surface area contributed by atoms with Gasteiger partial charge in [-0.1, -0.05) is 19.8 Å². The molecule has 0 fully saturated rings. The first-order valence-corrected chi connectivity index (χ1v) is 8.07. The second-order valence-electron chi connectivity index (χ2n) is 4.55. The van der Waals surface area contributed by atoms with Gasteiger partial charge in [0.25, 0.3) is 0 Å². The molecule has 0 unspecified atom stereocenters. The summed E-state index contributed by atoms with van der Waals surface area (Å²) in [6, 6.07) is 0. The van der Waals surface area contributed by atoms with Crippen molar-refractivity contribution in [1.82, 2.24) is 14.5 Å². The van der Waals surface area contributed by atoms with E-state index in [0.717, 1.165) is 19.3 Å². The standard InChI is InChI=1S/C12H23N3O3S/c1-4-5-6-7-13-19(17,18)12-10(2)14-15(8-9-16)11(12)3/h13,16H,4-9H2,1-3H3. The minimum atomic E-state index is -3.51. The summed E-state index contributed by atoms with van der Waals surface area (Å²) in [6.45, 7) is 6.13. The molecule has 1 heterocycles. The van der Waals surface area contributed by atoms with E-state index in [1.165, 1.54) is 4.68 Å². The Kier molecular flexibility index (Phi) is 5.96.